The first-order chi connectivity index (χ1) is 8.79. The first kappa shape index (κ1) is 12.7. The van der Waals surface area contributed by atoms with Gasteiger partial charge in [0.25, 0.3) is 5.91 Å². The summed E-state index contributed by atoms with van der Waals surface area (Å²) < 4.78 is 0. The Bertz CT molecular complexity index is 511. The molecule has 2 heterocycles. The molecule has 0 unspecified atom stereocenters. The summed E-state index contributed by atoms with van der Waals surface area (Å²) in [5.41, 5.74) is 1.30. The third kappa shape index (κ3) is 3.38. The van der Waals surface area contributed by atoms with Gasteiger partial charge >= 0.3 is 0 Å². The van der Waals surface area contributed by atoms with E-state index in [1.165, 1.54) is 0 Å². The van der Waals surface area contributed by atoms with E-state index >= 15 is 0 Å². The van der Waals surface area contributed by atoms with E-state index < -0.39 is 0 Å². The second kappa shape index (κ2) is 6.28. The van der Waals surface area contributed by atoms with Gasteiger partial charge < -0.3 is 10.4 Å². The summed E-state index contributed by atoms with van der Waals surface area (Å²) in [6.45, 7) is 0.571. The Hall–Kier alpha value is -1.72. The third-order valence-corrected chi connectivity index (χ3v) is 3.33. The normalized spacial score (nSPS) is 10.3. The highest BCUT2D eigenvalue weighted by molar-refractivity contribution is 7.09. The van der Waals surface area contributed by atoms with Crippen LogP contribution in [-0.4, -0.2) is 22.6 Å². The lowest BCUT2D eigenvalue weighted by molar-refractivity contribution is 0.0951. The van der Waals surface area contributed by atoms with E-state index in [0.29, 0.717) is 18.5 Å². The van der Waals surface area contributed by atoms with Crippen LogP contribution in [0.5, 0.6) is 0 Å². The van der Waals surface area contributed by atoms with Crippen LogP contribution in [0.15, 0.2) is 35.8 Å². The molecule has 2 aromatic heterocycles. The van der Waals surface area contributed by atoms with Gasteiger partial charge in [-0.25, -0.2) is 0 Å². The van der Waals surface area contributed by atoms with Crippen LogP contribution in [-0.2, 0) is 13.0 Å². The number of aliphatic hydroxyl groups is 1. The average Bonchev–Trinajstić information content (AvgIpc) is 2.90. The fraction of sp³-hybridized carbons (Fsp3) is 0.231. The lowest BCUT2D eigenvalue weighted by Crippen LogP contribution is -2.22. The molecule has 0 saturated carbocycles. The minimum atomic E-state index is -0.120. The second-order valence-electron chi connectivity index (χ2n) is 3.77. The summed E-state index contributed by atoms with van der Waals surface area (Å²) in [5.74, 6) is -0.120. The SMILES string of the molecule is O=C(NCc1cccs1)c1ccnc(CCO)c1. The molecule has 0 spiro atoms. The smallest absolute Gasteiger partial charge is 0.251 e. The Morgan fingerprint density at radius 1 is 1.44 bits per heavy atom. The molecule has 0 aliphatic rings. The van der Waals surface area contributed by atoms with E-state index in [2.05, 4.69) is 10.3 Å². The Morgan fingerprint density at radius 3 is 3.06 bits per heavy atom. The molecule has 94 valence electrons. The van der Waals surface area contributed by atoms with Gasteiger partial charge in [0.05, 0.1) is 6.54 Å². The second-order valence-corrected chi connectivity index (χ2v) is 4.80. The number of thiophene rings is 1. The minimum absolute atomic E-state index is 0.0350. The van der Waals surface area contributed by atoms with Crippen molar-refractivity contribution in [3.63, 3.8) is 0 Å². The van der Waals surface area contributed by atoms with Crippen molar-refractivity contribution < 1.29 is 9.90 Å². The molecule has 0 bridgehead atoms. The van der Waals surface area contributed by atoms with E-state index in [4.69, 9.17) is 5.11 Å². The molecular weight excluding hydrogens is 248 g/mol. The molecule has 0 aliphatic heterocycles. The van der Waals surface area contributed by atoms with Crippen molar-refractivity contribution in [2.45, 2.75) is 13.0 Å². The van der Waals surface area contributed by atoms with Gasteiger partial charge in [-0.05, 0) is 23.6 Å². The first-order valence-corrected chi connectivity index (χ1v) is 6.54. The van der Waals surface area contributed by atoms with E-state index in [9.17, 15) is 4.79 Å². The van der Waals surface area contributed by atoms with E-state index in [-0.39, 0.29) is 12.5 Å². The van der Waals surface area contributed by atoms with Gasteiger partial charge in [0.15, 0.2) is 0 Å². The zero-order valence-corrected chi connectivity index (χ0v) is 10.6. The maximum Gasteiger partial charge on any atom is 0.251 e. The molecule has 0 aliphatic carbocycles. The number of hydrogen-bond acceptors (Lipinski definition) is 4. The largest absolute Gasteiger partial charge is 0.396 e. The lowest BCUT2D eigenvalue weighted by atomic mass is 10.2. The van der Waals surface area contributed by atoms with Crippen molar-refractivity contribution in [3.05, 3.63) is 52.0 Å². The number of carbonyl (C=O) groups excluding carboxylic acids is 1. The quantitative estimate of drug-likeness (QED) is 0.860. The van der Waals surface area contributed by atoms with E-state index in [0.717, 1.165) is 10.6 Å². The van der Waals surface area contributed by atoms with Gasteiger partial charge in [0.1, 0.15) is 0 Å². The number of amides is 1. The number of aliphatic hydroxyl groups excluding tert-OH is 1. The van der Waals surface area contributed by atoms with Crippen molar-refractivity contribution in [2.75, 3.05) is 6.61 Å². The van der Waals surface area contributed by atoms with Gasteiger partial charge in [0.2, 0.25) is 0 Å². The summed E-state index contributed by atoms with van der Waals surface area (Å²) in [7, 11) is 0. The Kier molecular flexibility index (Phi) is 4.44. The van der Waals surface area contributed by atoms with Crippen LogP contribution in [0.4, 0.5) is 0 Å². The molecule has 5 heteroatoms. The first-order valence-electron chi connectivity index (χ1n) is 5.66. The molecule has 0 fully saturated rings. The summed E-state index contributed by atoms with van der Waals surface area (Å²) in [4.78, 5) is 17.1. The predicted octanol–water partition coefficient (Wildman–Crippen LogP) is 1.61. The third-order valence-electron chi connectivity index (χ3n) is 2.45. The van der Waals surface area contributed by atoms with Gasteiger partial charge in [-0.15, -0.1) is 11.3 Å². The number of nitrogens with one attached hydrogen (secondary N) is 1. The van der Waals surface area contributed by atoms with Gasteiger partial charge in [-0.1, -0.05) is 6.07 Å². The molecular formula is C13H14N2O2S. The summed E-state index contributed by atoms with van der Waals surface area (Å²) in [5, 5.41) is 13.7. The fourth-order valence-electron chi connectivity index (χ4n) is 1.55. The molecule has 0 atom stereocenters. The summed E-state index contributed by atoms with van der Waals surface area (Å²) in [6.07, 6.45) is 2.05. The molecule has 0 aromatic carbocycles. The van der Waals surface area contributed by atoms with Crippen LogP contribution < -0.4 is 5.32 Å². The zero-order chi connectivity index (χ0) is 12.8. The lowest BCUT2D eigenvalue weighted by Gasteiger charge is -2.05. The highest BCUT2D eigenvalue weighted by atomic mass is 32.1. The van der Waals surface area contributed by atoms with E-state index in [1.807, 2.05) is 17.5 Å². The molecule has 0 radical (unpaired) electrons. The average molecular weight is 262 g/mol. The van der Waals surface area contributed by atoms with Crippen LogP contribution in [0.2, 0.25) is 0 Å². The number of pyridine rings is 1. The molecule has 2 rings (SSSR count). The number of hydrogen-bond donors (Lipinski definition) is 2. The van der Waals surface area contributed by atoms with Crippen molar-refractivity contribution in [1.82, 2.24) is 10.3 Å². The van der Waals surface area contributed by atoms with Crippen LogP contribution in [0.25, 0.3) is 0 Å². The number of nitrogens with zero attached hydrogens (tertiary/aromatic N) is 1. The Balaban J connectivity index is 1.97. The topological polar surface area (TPSA) is 62.2 Å². The van der Waals surface area contributed by atoms with Crippen molar-refractivity contribution in [3.8, 4) is 0 Å². The molecule has 4 nitrogen and oxygen atoms in total. The molecule has 2 N–H and O–H groups in total. The van der Waals surface area contributed by atoms with Crippen LogP contribution in [0, 0.1) is 0 Å². The summed E-state index contributed by atoms with van der Waals surface area (Å²) in [6, 6.07) is 7.32. The maximum atomic E-state index is 11.9. The van der Waals surface area contributed by atoms with E-state index in [1.54, 1.807) is 29.7 Å². The van der Waals surface area contributed by atoms with Crippen molar-refractivity contribution in [1.29, 1.82) is 0 Å². The highest BCUT2D eigenvalue weighted by Crippen LogP contribution is 2.08. The van der Waals surface area contributed by atoms with Gasteiger partial charge in [0, 0.05) is 35.4 Å². The Labute approximate surface area is 109 Å². The van der Waals surface area contributed by atoms with Crippen molar-refractivity contribution >= 4 is 17.2 Å². The molecule has 18 heavy (non-hydrogen) atoms. The maximum absolute atomic E-state index is 11.9. The molecule has 2 aromatic rings. The fourth-order valence-corrected chi connectivity index (χ4v) is 2.20. The monoisotopic (exact) mass is 262 g/mol. The standard InChI is InChI=1S/C13H14N2O2S/c16-6-4-11-8-10(3-5-14-11)13(17)15-9-12-2-1-7-18-12/h1-3,5,7-8,16H,4,6,9H2,(H,15,17). The number of aromatic nitrogens is 1. The van der Waals surface area contributed by atoms with Gasteiger partial charge in [-0.2, -0.15) is 0 Å². The Morgan fingerprint density at radius 2 is 2.33 bits per heavy atom. The predicted molar refractivity (Wildman–Crippen MR) is 70.5 cm³/mol. The molecule has 0 saturated heterocycles. The number of rotatable bonds is 5. The van der Waals surface area contributed by atoms with Crippen LogP contribution >= 0.6 is 11.3 Å². The highest BCUT2D eigenvalue weighted by Gasteiger charge is 2.06. The summed E-state index contributed by atoms with van der Waals surface area (Å²) >= 11 is 1.61. The van der Waals surface area contributed by atoms with Crippen LogP contribution in [0.1, 0.15) is 20.9 Å². The zero-order valence-electron chi connectivity index (χ0n) is 9.80. The number of carbonyl (C=O) groups is 1. The van der Waals surface area contributed by atoms with Crippen molar-refractivity contribution in [2.24, 2.45) is 0 Å². The van der Waals surface area contributed by atoms with Crippen LogP contribution in [0.3, 0.4) is 0 Å². The van der Waals surface area contributed by atoms with Gasteiger partial charge in [-0.3, -0.25) is 9.78 Å². The minimum Gasteiger partial charge on any atom is -0.396 e. The molecule has 1 amide bonds.